The summed E-state index contributed by atoms with van der Waals surface area (Å²) in [5.74, 6) is 0.166. The van der Waals surface area contributed by atoms with Gasteiger partial charge in [0.1, 0.15) is 11.6 Å². The number of carbonyl (C=O) groups excluding carboxylic acids is 1. The smallest absolute Gasteiger partial charge is 0.266 e. The van der Waals surface area contributed by atoms with Gasteiger partial charge in [0, 0.05) is 6.54 Å². The second kappa shape index (κ2) is 10.5. The van der Waals surface area contributed by atoms with Crippen LogP contribution in [0.2, 0.25) is 0 Å². The number of benzene rings is 3. The Hall–Kier alpha value is -3.65. The number of halogens is 1. The number of thioether (sulfide) groups is 1. The number of ether oxygens (including phenoxy) is 1. The highest BCUT2D eigenvalue weighted by Gasteiger charge is 2.20. The van der Waals surface area contributed by atoms with Crippen LogP contribution >= 0.6 is 11.8 Å². The third-order valence-electron chi connectivity index (χ3n) is 5.18. The molecule has 0 bridgehead atoms. The second-order valence-corrected chi connectivity index (χ2v) is 8.89. The minimum absolute atomic E-state index is 0.212. The van der Waals surface area contributed by atoms with E-state index in [1.54, 1.807) is 61.5 Å². The molecule has 1 aromatic heterocycles. The molecule has 174 valence electrons. The molecule has 4 rings (SSSR count). The minimum Gasteiger partial charge on any atom is -0.494 e. The topological polar surface area (TPSA) is 73.2 Å². The van der Waals surface area contributed by atoms with Crippen LogP contribution in [0.4, 0.5) is 4.39 Å². The molecule has 4 aromatic rings. The normalized spacial score (nSPS) is 11.9. The highest BCUT2D eigenvalue weighted by Crippen LogP contribution is 2.26. The lowest BCUT2D eigenvalue weighted by Gasteiger charge is -2.17. The highest BCUT2D eigenvalue weighted by atomic mass is 32.2. The summed E-state index contributed by atoms with van der Waals surface area (Å²) in [6.07, 6.45) is 0. The third-order valence-corrected chi connectivity index (χ3v) is 6.23. The van der Waals surface area contributed by atoms with Crippen molar-refractivity contribution in [2.75, 3.05) is 6.61 Å². The summed E-state index contributed by atoms with van der Waals surface area (Å²) < 4.78 is 20.1. The Bertz CT molecular complexity index is 1350. The van der Waals surface area contributed by atoms with Gasteiger partial charge in [0.25, 0.3) is 5.56 Å². The third kappa shape index (κ3) is 5.28. The Morgan fingerprint density at radius 1 is 1.09 bits per heavy atom. The van der Waals surface area contributed by atoms with E-state index in [1.807, 2.05) is 13.0 Å². The Labute approximate surface area is 200 Å². The summed E-state index contributed by atoms with van der Waals surface area (Å²) in [6, 6.07) is 20.3. The van der Waals surface area contributed by atoms with Gasteiger partial charge in [0.15, 0.2) is 5.16 Å². The van der Waals surface area contributed by atoms with Crippen molar-refractivity contribution in [1.29, 1.82) is 0 Å². The molecule has 0 radical (unpaired) electrons. The fourth-order valence-corrected chi connectivity index (χ4v) is 4.38. The van der Waals surface area contributed by atoms with Crippen LogP contribution in [0.25, 0.3) is 16.6 Å². The number of nitrogens with one attached hydrogen (secondary N) is 1. The number of rotatable bonds is 8. The Kier molecular flexibility index (Phi) is 7.27. The maximum absolute atomic E-state index is 13.4. The van der Waals surface area contributed by atoms with Gasteiger partial charge in [0.2, 0.25) is 5.91 Å². The Morgan fingerprint density at radius 3 is 2.50 bits per heavy atom. The molecule has 0 saturated carbocycles. The van der Waals surface area contributed by atoms with E-state index >= 15 is 0 Å². The minimum atomic E-state index is -0.526. The summed E-state index contributed by atoms with van der Waals surface area (Å²) in [5, 5.41) is 3.24. The molecule has 1 unspecified atom stereocenters. The molecular formula is C26H24FN3O3S. The molecule has 0 aliphatic carbocycles. The summed E-state index contributed by atoms with van der Waals surface area (Å²) in [4.78, 5) is 30.9. The maximum atomic E-state index is 13.4. The van der Waals surface area contributed by atoms with Crippen molar-refractivity contribution in [3.63, 3.8) is 0 Å². The monoisotopic (exact) mass is 477 g/mol. The number of para-hydroxylation sites is 1. The van der Waals surface area contributed by atoms with E-state index in [9.17, 15) is 14.0 Å². The second-order valence-electron chi connectivity index (χ2n) is 7.58. The molecule has 0 aliphatic heterocycles. The number of hydrogen-bond donors (Lipinski definition) is 1. The zero-order chi connectivity index (χ0) is 24.1. The van der Waals surface area contributed by atoms with Crippen molar-refractivity contribution >= 4 is 28.6 Å². The molecule has 0 fully saturated rings. The van der Waals surface area contributed by atoms with Crippen molar-refractivity contribution in [2.24, 2.45) is 0 Å². The van der Waals surface area contributed by atoms with Gasteiger partial charge < -0.3 is 10.1 Å². The predicted molar refractivity (Wildman–Crippen MR) is 132 cm³/mol. The molecule has 1 N–H and O–H groups in total. The number of aromatic nitrogens is 2. The largest absolute Gasteiger partial charge is 0.494 e. The van der Waals surface area contributed by atoms with E-state index < -0.39 is 5.25 Å². The van der Waals surface area contributed by atoms with Crippen molar-refractivity contribution in [2.45, 2.75) is 30.8 Å². The number of amides is 1. The van der Waals surface area contributed by atoms with Crippen LogP contribution in [0.5, 0.6) is 5.75 Å². The fraction of sp³-hybridized carbons (Fsp3) is 0.192. The lowest BCUT2D eigenvalue weighted by atomic mass is 10.2. The van der Waals surface area contributed by atoms with Gasteiger partial charge in [-0.2, -0.15) is 0 Å². The van der Waals surface area contributed by atoms with E-state index in [-0.39, 0.29) is 23.8 Å². The highest BCUT2D eigenvalue weighted by molar-refractivity contribution is 8.00. The Balaban J connectivity index is 1.62. The molecule has 0 saturated heterocycles. The first-order valence-corrected chi connectivity index (χ1v) is 11.8. The summed E-state index contributed by atoms with van der Waals surface area (Å²) in [7, 11) is 0. The summed E-state index contributed by atoms with van der Waals surface area (Å²) in [6.45, 7) is 4.49. The van der Waals surface area contributed by atoms with E-state index in [2.05, 4.69) is 5.32 Å². The fourth-order valence-electron chi connectivity index (χ4n) is 3.42. The van der Waals surface area contributed by atoms with Crippen LogP contribution < -0.4 is 15.6 Å². The van der Waals surface area contributed by atoms with Crippen LogP contribution in [-0.4, -0.2) is 27.3 Å². The first kappa shape index (κ1) is 23.5. The Morgan fingerprint density at radius 2 is 1.79 bits per heavy atom. The van der Waals surface area contributed by atoms with Crippen LogP contribution in [0.3, 0.4) is 0 Å². The molecule has 34 heavy (non-hydrogen) atoms. The van der Waals surface area contributed by atoms with Crippen molar-refractivity contribution < 1.29 is 13.9 Å². The zero-order valence-corrected chi connectivity index (χ0v) is 19.6. The van der Waals surface area contributed by atoms with Crippen molar-refractivity contribution in [3.8, 4) is 11.4 Å². The summed E-state index contributed by atoms with van der Waals surface area (Å²) >= 11 is 1.20. The molecule has 1 amide bonds. The molecule has 0 spiro atoms. The molecule has 3 aromatic carbocycles. The van der Waals surface area contributed by atoms with E-state index in [0.717, 1.165) is 5.56 Å². The average Bonchev–Trinajstić information content (AvgIpc) is 2.84. The first-order valence-electron chi connectivity index (χ1n) is 10.9. The maximum Gasteiger partial charge on any atom is 0.266 e. The number of carbonyl (C=O) groups is 1. The molecule has 6 nitrogen and oxygen atoms in total. The average molecular weight is 478 g/mol. The van der Waals surface area contributed by atoms with Gasteiger partial charge in [-0.3, -0.25) is 14.2 Å². The van der Waals surface area contributed by atoms with Crippen LogP contribution in [0.15, 0.2) is 82.7 Å². The van der Waals surface area contributed by atoms with E-state index in [4.69, 9.17) is 9.72 Å². The quantitative estimate of drug-likeness (QED) is 0.294. The standard InChI is InChI=1S/C26H24FN3O3S/c1-3-33-21-14-12-20(13-15-21)30-25(32)22-6-4-5-7-23(22)29-26(30)34-17(2)24(31)28-16-18-8-10-19(27)11-9-18/h4-15,17H,3,16H2,1-2H3,(H,28,31). The van der Waals surface area contributed by atoms with Gasteiger partial charge >= 0.3 is 0 Å². The van der Waals surface area contributed by atoms with Crippen molar-refractivity contribution in [1.82, 2.24) is 14.9 Å². The van der Waals surface area contributed by atoms with Gasteiger partial charge in [-0.05, 0) is 67.9 Å². The van der Waals surface area contributed by atoms with Crippen LogP contribution in [0, 0.1) is 5.82 Å². The van der Waals surface area contributed by atoms with Crippen molar-refractivity contribution in [3.05, 3.63) is 94.5 Å². The number of hydrogen-bond acceptors (Lipinski definition) is 5. The predicted octanol–water partition coefficient (Wildman–Crippen LogP) is 4.72. The van der Waals surface area contributed by atoms with Gasteiger partial charge in [-0.15, -0.1) is 0 Å². The SMILES string of the molecule is CCOc1ccc(-n2c(SC(C)C(=O)NCc3ccc(F)cc3)nc3ccccc3c2=O)cc1. The lowest BCUT2D eigenvalue weighted by Crippen LogP contribution is -2.31. The van der Waals surface area contributed by atoms with Gasteiger partial charge in [-0.1, -0.05) is 36.0 Å². The van der Waals surface area contributed by atoms with E-state index in [1.165, 1.54) is 28.5 Å². The van der Waals surface area contributed by atoms with Gasteiger partial charge in [-0.25, -0.2) is 9.37 Å². The van der Waals surface area contributed by atoms with Crippen LogP contribution in [-0.2, 0) is 11.3 Å². The number of nitrogens with zero attached hydrogens (tertiary/aromatic N) is 2. The lowest BCUT2D eigenvalue weighted by molar-refractivity contribution is -0.120. The molecule has 8 heteroatoms. The van der Waals surface area contributed by atoms with Crippen LogP contribution in [0.1, 0.15) is 19.4 Å². The number of fused-ring (bicyclic) bond motifs is 1. The molecule has 0 aliphatic rings. The van der Waals surface area contributed by atoms with Gasteiger partial charge in [0.05, 0.1) is 28.4 Å². The first-order chi connectivity index (χ1) is 16.5. The van der Waals surface area contributed by atoms with E-state index in [0.29, 0.717) is 34.1 Å². The molecular weight excluding hydrogens is 453 g/mol. The molecule has 1 heterocycles. The zero-order valence-electron chi connectivity index (χ0n) is 18.8. The summed E-state index contributed by atoms with van der Waals surface area (Å²) in [5.41, 5.74) is 1.78. The molecule has 1 atom stereocenters.